The zero-order valence-corrected chi connectivity index (χ0v) is 12.5. The van der Waals surface area contributed by atoms with Crippen molar-refractivity contribution in [1.29, 1.82) is 0 Å². The highest BCUT2D eigenvalue weighted by Crippen LogP contribution is 2.32. The number of methoxy groups -OCH3 is 1. The monoisotopic (exact) mass is 268 g/mol. The van der Waals surface area contributed by atoms with Crippen LogP contribution >= 0.6 is 0 Å². The van der Waals surface area contributed by atoms with E-state index in [0.717, 1.165) is 0 Å². The van der Waals surface area contributed by atoms with Crippen molar-refractivity contribution in [2.75, 3.05) is 26.7 Å². The van der Waals surface area contributed by atoms with Crippen LogP contribution in [-0.2, 0) is 14.3 Å². The minimum atomic E-state index is -0.360. The Balaban J connectivity index is 2.96. The fourth-order valence-electron chi connectivity index (χ4n) is 3.16. The number of piperazine rings is 1. The fourth-order valence-corrected chi connectivity index (χ4v) is 3.16. The molecule has 5 nitrogen and oxygen atoms in total. The molecule has 0 spiro atoms. The Hall–Kier alpha value is -1.36. The first kappa shape index (κ1) is 15.7. The normalized spacial score (nSPS) is 21.8. The molecule has 1 saturated heterocycles. The maximum atomic E-state index is 12.1. The minimum Gasteiger partial charge on any atom is -0.468 e. The van der Waals surface area contributed by atoms with Crippen LogP contribution in [0.2, 0.25) is 0 Å². The van der Waals surface area contributed by atoms with Gasteiger partial charge in [-0.05, 0) is 33.8 Å². The van der Waals surface area contributed by atoms with Crippen LogP contribution in [0, 0.1) is 0 Å². The molecule has 0 aliphatic carbocycles. The van der Waals surface area contributed by atoms with Crippen LogP contribution in [0.4, 0.5) is 0 Å². The van der Waals surface area contributed by atoms with Crippen molar-refractivity contribution in [1.82, 2.24) is 9.80 Å². The van der Waals surface area contributed by atoms with Crippen molar-refractivity contribution in [3.63, 3.8) is 0 Å². The van der Waals surface area contributed by atoms with Gasteiger partial charge in [-0.2, -0.15) is 0 Å². The van der Waals surface area contributed by atoms with Gasteiger partial charge in [-0.3, -0.25) is 14.5 Å². The predicted octanol–water partition coefficient (Wildman–Crippen LogP) is 1.05. The molecule has 0 saturated carbocycles. The van der Waals surface area contributed by atoms with E-state index in [4.69, 9.17) is 4.74 Å². The van der Waals surface area contributed by atoms with Crippen molar-refractivity contribution < 1.29 is 14.3 Å². The van der Waals surface area contributed by atoms with Gasteiger partial charge in [0.05, 0.1) is 24.7 Å². The van der Waals surface area contributed by atoms with Gasteiger partial charge in [0, 0.05) is 13.1 Å². The number of rotatable bonds is 3. The lowest BCUT2D eigenvalue weighted by Crippen LogP contribution is -2.70. The first-order valence-corrected chi connectivity index (χ1v) is 6.40. The number of nitrogens with zero attached hydrogens (tertiary/aromatic N) is 2. The molecule has 0 aromatic carbocycles. The molecular formula is C14H24N2O3. The number of hydrogen-bond donors (Lipinski definition) is 0. The Morgan fingerprint density at radius 3 is 2.05 bits per heavy atom. The molecule has 1 aliphatic heterocycles. The fraction of sp³-hybridized carbons (Fsp3) is 0.714. The molecule has 1 aliphatic rings. The van der Waals surface area contributed by atoms with Gasteiger partial charge >= 0.3 is 5.97 Å². The molecule has 0 unspecified atom stereocenters. The minimum absolute atomic E-state index is 0.0762. The van der Waals surface area contributed by atoms with E-state index in [1.54, 1.807) is 0 Å². The maximum absolute atomic E-state index is 12.1. The lowest BCUT2D eigenvalue weighted by atomic mass is 9.87. The van der Waals surface area contributed by atoms with Gasteiger partial charge in [-0.1, -0.05) is 6.58 Å². The number of hydrogen-bond acceptors (Lipinski definition) is 4. The van der Waals surface area contributed by atoms with Crippen LogP contribution in [0.15, 0.2) is 12.7 Å². The van der Waals surface area contributed by atoms with Crippen molar-refractivity contribution in [3.8, 4) is 0 Å². The first-order chi connectivity index (χ1) is 8.64. The van der Waals surface area contributed by atoms with Crippen LogP contribution in [0.3, 0.4) is 0 Å². The number of ether oxygens (including phenoxy) is 1. The molecule has 1 rings (SSSR count). The largest absolute Gasteiger partial charge is 0.468 e. The molecule has 0 aromatic rings. The van der Waals surface area contributed by atoms with E-state index in [0.29, 0.717) is 13.1 Å². The lowest BCUT2D eigenvalue weighted by Gasteiger charge is -2.55. The third kappa shape index (κ3) is 3.35. The van der Waals surface area contributed by atoms with Crippen molar-refractivity contribution in [2.24, 2.45) is 0 Å². The number of esters is 1. The average Bonchev–Trinajstić information content (AvgIpc) is 2.24. The zero-order chi connectivity index (χ0) is 14.8. The highest BCUT2D eigenvalue weighted by atomic mass is 16.5. The third-order valence-corrected chi connectivity index (χ3v) is 3.41. The second-order valence-corrected chi connectivity index (χ2v) is 6.22. The lowest BCUT2D eigenvalue weighted by molar-refractivity contribution is -0.152. The molecule has 5 heteroatoms. The van der Waals surface area contributed by atoms with E-state index in [2.05, 4.69) is 6.58 Å². The van der Waals surface area contributed by atoms with Gasteiger partial charge in [0.25, 0.3) is 0 Å². The summed E-state index contributed by atoms with van der Waals surface area (Å²) in [4.78, 5) is 27.4. The summed E-state index contributed by atoms with van der Waals surface area (Å²) < 4.78 is 4.71. The Bertz CT molecular complexity index is 370. The number of amides is 1. The van der Waals surface area contributed by atoms with Crippen LogP contribution in [0.25, 0.3) is 0 Å². The first-order valence-electron chi connectivity index (χ1n) is 6.40. The van der Waals surface area contributed by atoms with Gasteiger partial charge in [0.15, 0.2) is 0 Å². The predicted molar refractivity (Wildman–Crippen MR) is 73.7 cm³/mol. The zero-order valence-electron chi connectivity index (χ0n) is 12.5. The highest BCUT2D eigenvalue weighted by molar-refractivity contribution is 5.88. The Morgan fingerprint density at radius 1 is 1.21 bits per heavy atom. The van der Waals surface area contributed by atoms with E-state index in [1.807, 2.05) is 37.5 Å². The van der Waals surface area contributed by atoms with Crippen LogP contribution in [0.1, 0.15) is 27.7 Å². The summed E-state index contributed by atoms with van der Waals surface area (Å²) in [6, 6.07) is 0. The van der Waals surface area contributed by atoms with Gasteiger partial charge in [0.2, 0.25) is 5.91 Å². The van der Waals surface area contributed by atoms with Crippen molar-refractivity contribution in [2.45, 2.75) is 38.8 Å². The standard InChI is InChI=1S/C14H24N2O3/c1-7-11(17)16-13(2,3)9-15(8-12(18)19-6)10-14(16,4)5/h7H,1,8-10H2,2-6H3. The van der Waals surface area contributed by atoms with Crippen LogP contribution < -0.4 is 0 Å². The average molecular weight is 268 g/mol. The molecule has 1 fully saturated rings. The smallest absolute Gasteiger partial charge is 0.319 e. The third-order valence-electron chi connectivity index (χ3n) is 3.41. The van der Waals surface area contributed by atoms with E-state index in [-0.39, 0.29) is 29.5 Å². The number of carbonyl (C=O) groups excluding carboxylic acids is 2. The summed E-state index contributed by atoms with van der Waals surface area (Å²) in [6.45, 7) is 13.1. The van der Waals surface area contributed by atoms with E-state index in [9.17, 15) is 9.59 Å². The summed E-state index contributed by atoms with van der Waals surface area (Å²) in [6.07, 6.45) is 1.35. The topological polar surface area (TPSA) is 49.9 Å². The van der Waals surface area contributed by atoms with Gasteiger partial charge in [-0.15, -0.1) is 0 Å². The van der Waals surface area contributed by atoms with Crippen molar-refractivity contribution in [3.05, 3.63) is 12.7 Å². The molecule has 108 valence electrons. The summed E-state index contributed by atoms with van der Waals surface area (Å²) >= 11 is 0. The van der Waals surface area contributed by atoms with E-state index >= 15 is 0 Å². The van der Waals surface area contributed by atoms with E-state index < -0.39 is 0 Å². The number of carbonyl (C=O) groups is 2. The maximum Gasteiger partial charge on any atom is 0.319 e. The molecule has 0 bridgehead atoms. The molecule has 0 atom stereocenters. The summed E-state index contributed by atoms with van der Waals surface area (Å²) in [5.41, 5.74) is -0.720. The molecule has 0 N–H and O–H groups in total. The van der Waals surface area contributed by atoms with Gasteiger partial charge < -0.3 is 9.64 Å². The van der Waals surface area contributed by atoms with Crippen molar-refractivity contribution >= 4 is 11.9 Å². The molecule has 0 radical (unpaired) electrons. The summed E-state index contributed by atoms with van der Waals surface area (Å²) in [5, 5.41) is 0. The van der Waals surface area contributed by atoms with Gasteiger partial charge in [-0.25, -0.2) is 0 Å². The quantitative estimate of drug-likeness (QED) is 0.567. The highest BCUT2D eigenvalue weighted by Gasteiger charge is 2.46. The van der Waals surface area contributed by atoms with Crippen LogP contribution in [-0.4, -0.2) is 59.5 Å². The molecule has 0 aromatic heterocycles. The Kier molecular flexibility index (Phi) is 4.40. The summed E-state index contributed by atoms with van der Waals surface area (Å²) in [7, 11) is 1.39. The second kappa shape index (κ2) is 5.33. The molecular weight excluding hydrogens is 244 g/mol. The van der Waals surface area contributed by atoms with E-state index in [1.165, 1.54) is 13.2 Å². The molecule has 1 heterocycles. The summed E-state index contributed by atoms with van der Waals surface area (Å²) in [5.74, 6) is -0.331. The molecule has 1 amide bonds. The SMILES string of the molecule is C=CC(=O)N1C(C)(C)CN(CC(=O)OC)CC1(C)C. The van der Waals surface area contributed by atoms with Gasteiger partial charge in [0.1, 0.15) is 0 Å². The van der Waals surface area contributed by atoms with Crippen LogP contribution in [0.5, 0.6) is 0 Å². The second-order valence-electron chi connectivity index (χ2n) is 6.22. The Labute approximate surface area is 115 Å². The Morgan fingerprint density at radius 2 is 1.68 bits per heavy atom. The molecule has 19 heavy (non-hydrogen) atoms.